The van der Waals surface area contributed by atoms with E-state index in [2.05, 4.69) is 17.2 Å². The molecule has 4 nitrogen and oxygen atoms in total. The number of carbonyl (C=O) groups is 1. The van der Waals surface area contributed by atoms with Gasteiger partial charge in [0.25, 0.3) is 0 Å². The number of hydrogen-bond acceptors (Lipinski definition) is 4. The molecule has 2 atom stereocenters. The number of amides is 1. The van der Waals surface area contributed by atoms with Crippen molar-refractivity contribution in [1.82, 2.24) is 4.98 Å². The summed E-state index contributed by atoms with van der Waals surface area (Å²) in [6.07, 6.45) is 8.40. The zero-order valence-electron chi connectivity index (χ0n) is 12.0. The van der Waals surface area contributed by atoms with Crippen molar-refractivity contribution in [2.75, 3.05) is 5.32 Å². The number of thiazole rings is 1. The molecule has 2 aliphatic carbocycles. The quantitative estimate of drug-likeness (QED) is 0.900. The Morgan fingerprint density at radius 3 is 2.75 bits per heavy atom. The van der Waals surface area contributed by atoms with Crippen LogP contribution in [0.1, 0.15) is 43.9 Å². The summed E-state index contributed by atoms with van der Waals surface area (Å²) in [5.41, 5.74) is 6.28. The summed E-state index contributed by atoms with van der Waals surface area (Å²) in [4.78, 5) is 17.9. The van der Waals surface area contributed by atoms with Gasteiger partial charge in [-0.2, -0.15) is 0 Å². The van der Waals surface area contributed by atoms with E-state index in [0.717, 1.165) is 24.4 Å². The van der Waals surface area contributed by atoms with Crippen LogP contribution in [0.15, 0.2) is 6.20 Å². The van der Waals surface area contributed by atoms with E-state index in [1.165, 1.54) is 24.1 Å². The van der Waals surface area contributed by atoms with Crippen LogP contribution in [0.25, 0.3) is 0 Å². The molecule has 2 bridgehead atoms. The van der Waals surface area contributed by atoms with Crippen molar-refractivity contribution in [2.45, 2.75) is 51.5 Å². The fourth-order valence-corrected chi connectivity index (χ4v) is 4.49. The highest BCUT2D eigenvalue weighted by atomic mass is 32.1. The topological polar surface area (TPSA) is 68.0 Å². The maximum atomic E-state index is 12.4. The molecule has 1 aromatic heterocycles. The molecule has 2 unspecified atom stereocenters. The number of anilines is 1. The van der Waals surface area contributed by atoms with E-state index in [1.807, 2.05) is 6.20 Å². The van der Waals surface area contributed by atoms with E-state index in [4.69, 9.17) is 5.73 Å². The van der Waals surface area contributed by atoms with Crippen molar-refractivity contribution in [3.8, 4) is 0 Å². The predicted octanol–water partition coefficient (Wildman–Crippen LogP) is 2.80. The standard InChI is InChI=1S/C15H23N3OS/c1-2-12-8-17-15(20-12)18-14(19)11-6-9-4-3-5-10(7-11)13(9)16/h8-11,13H,2-7,16H2,1H3,(H,17,18,19). The summed E-state index contributed by atoms with van der Waals surface area (Å²) in [6.45, 7) is 2.10. The molecule has 0 aliphatic heterocycles. The van der Waals surface area contributed by atoms with E-state index in [1.54, 1.807) is 11.3 Å². The second-order valence-electron chi connectivity index (χ2n) is 6.17. The van der Waals surface area contributed by atoms with E-state index in [9.17, 15) is 4.79 Å². The largest absolute Gasteiger partial charge is 0.327 e. The summed E-state index contributed by atoms with van der Waals surface area (Å²) in [7, 11) is 0. The number of aromatic nitrogens is 1. The fourth-order valence-electron chi connectivity index (χ4n) is 3.74. The lowest BCUT2D eigenvalue weighted by atomic mass is 9.65. The number of carbonyl (C=O) groups excluding carboxylic acids is 1. The molecular weight excluding hydrogens is 270 g/mol. The molecule has 1 amide bonds. The summed E-state index contributed by atoms with van der Waals surface area (Å²) >= 11 is 1.58. The molecule has 3 N–H and O–H groups in total. The van der Waals surface area contributed by atoms with Crippen molar-refractivity contribution in [3.05, 3.63) is 11.1 Å². The minimum Gasteiger partial charge on any atom is -0.327 e. The fraction of sp³-hybridized carbons (Fsp3) is 0.733. The highest BCUT2D eigenvalue weighted by Gasteiger charge is 2.40. The Morgan fingerprint density at radius 1 is 1.45 bits per heavy atom. The lowest BCUT2D eigenvalue weighted by Gasteiger charge is -2.43. The lowest BCUT2D eigenvalue weighted by Crippen LogP contribution is -2.48. The summed E-state index contributed by atoms with van der Waals surface area (Å²) in [5, 5.41) is 3.74. The molecule has 0 aromatic carbocycles. The highest BCUT2D eigenvalue weighted by Crippen LogP contribution is 2.42. The van der Waals surface area contributed by atoms with Gasteiger partial charge in [-0.15, -0.1) is 11.3 Å². The van der Waals surface area contributed by atoms with Gasteiger partial charge in [0.15, 0.2) is 5.13 Å². The van der Waals surface area contributed by atoms with Gasteiger partial charge in [0, 0.05) is 23.0 Å². The summed E-state index contributed by atoms with van der Waals surface area (Å²) in [5.74, 6) is 1.35. The molecule has 0 spiro atoms. The molecule has 1 aromatic rings. The van der Waals surface area contributed by atoms with Gasteiger partial charge in [0.2, 0.25) is 5.91 Å². The smallest absolute Gasteiger partial charge is 0.229 e. The van der Waals surface area contributed by atoms with E-state index in [0.29, 0.717) is 17.9 Å². The van der Waals surface area contributed by atoms with Gasteiger partial charge < -0.3 is 11.1 Å². The van der Waals surface area contributed by atoms with Crippen LogP contribution in [0.5, 0.6) is 0 Å². The average Bonchev–Trinajstić information content (AvgIpc) is 2.86. The first kappa shape index (κ1) is 14.0. The zero-order valence-corrected chi connectivity index (χ0v) is 12.8. The van der Waals surface area contributed by atoms with Crippen LogP contribution in [0.4, 0.5) is 5.13 Å². The first-order valence-electron chi connectivity index (χ1n) is 7.68. The molecule has 20 heavy (non-hydrogen) atoms. The number of rotatable bonds is 3. The predicted molar refractivity (Wildman–Crippen MR) is 81.7 cm³/mol. The number of nitrogens with one attached hydrogen (secondary N) is 1. The molecule has 110 valence electrons. The minimum atomic E-state index is 0.124. The lowest BCUT2D eigenvalue weighted by molar-refractivity contribution is -0.122. The van der Waals surface area contributed by atoms with Gasteiger partial charge in [-0.05, 0) is 43.9 Å². The number of fused-ring (bicyclic) bond motifs is 2. The van der Waals surface area contributed by atoms with Crippen LogP contribution in [0.2, 0.25) is 0 Å². The Bertz CT molecular complexity index is 473. The monoisotopic (exact) mass is 293 g/mol. The van der Waals surface area contributed by atoms with Gasteiger partial charge >= 0.3 is 0 Å². The van der Waals surface area contributed by atoms with Crippen LogP contribution >= 0.6 is 11.3 Å². The van der Waals surface area contributed by atoms with Crippen LogP contribution in [0, 0.1) is 17.8 Å². The number of aryl methyl sites for hydroxylation is 1. The third kappa shape index (κ3) is 2.74. The highest BCUT2D eigenvalue weighted by molar-refractivity contribution is 7.15. The summed E-state index contributed by atoms with van der Waals surface area (Å²) < 4.78 is 0. The van der Waals surface area contributed by atoms with Gasteiger partial charge in [-0.25, -0.2) is 4.98 Å². The summed E-state index contributed by atoms with van der Waals surface area (Å²) in [6, 6.07) is 0.319. The second kappa shape index (κ2) is 5.82. The first-order valence-corrected chi connectivity index (χ1v) is 8.50. The second-order valence-corrected chi connectivity index (χ2v) is 7.29. The van der Waals surface area contributed by atoms with Gasteiger partial charge in [0.05, 0.1) is 0 Å². The third-order valence-corrected chi connectivity index (χ3v) is 5.97. The van der Waals surface area contributed by atoms with E-state index in [-0.39, 0.29) is 11.8 Å². The van der Waals surface area contributed by atoms with Crippen molar-refractivity contribution in [1.29, 1.82) is 0 Å². The number of hydrogen-bond donors (Lipinski definition) is 2. The molecule has 0 radical (unpaired) electrons. The van der Waals surface area contributed by atoms with Crippen molar-refractivity contribution in [3.63, 3.8) is 0 Å². The minimum absolute atomic E-state index is 0.124. The molecule has 0 saturated heterocycles. The van der Waals surface area contributed by atoms with Gasteiger partial charge in [0.1, 0.15) is 0 Å². The average molecular weight is 293 g/mol. The van der Waals surface area contributed by atoms with Crippen molar-refractivity contribution in [2.24, 2.45) is 23.5 Å². The normalized spacial score (nSPS) is 32.9. The van der Waals surface area contributed by atoms with Gasteiger partial charge in [-0.3, -0.25) is 4.79 Å². The SMILES string of the molecule is CCc1cnc(NC(=O)C2CC3CCCC(C2)C3N)s1. The Labute approximate surface area is 124 Å². The molecule has 5 heteroatoms. The molecule has 3 rings (SSSR count). The van der Waals surface area contributed by atoms with Gasteiger partial charge in [-0.1, -0.05) is 13.3 Å². The zero-order chi connectivity index (χ0) is 14.1. The Morgan fingerprint density at radius 2 is 2.15 bits per heavy atom. The van der Waals surface area contributed by atoms with Crippen LogP contribution < -0.4 is 11.1 Å². The molecule has 1 heterocycles. The number of nitrogens with two attached hydrogens (primary N) is 1. The molecule has 2 saturated carbocycles. The third-order valence-electron chi connectivity index (χ3n) is 4.92. The van der Waals surface area contributed by atoms with Crippen molar-refractivity contribution >= 4 is 22.4 Å². The first-order chi connectivity index (χ1) is 9.67. The maximum Gasteiger partial charge on any atom is 0.229 e. The van der Waals surface area contributed by atoms with Crippen molar-refractivity contribution < 1.29 is 4.79 Å². The van der Waals surface area contributed by atoms with Crippen LogP contribution in [-0.2, 0) is 11.2 Å². The Kier molecular flexibility index (Phi) is 4.08. The molecular formula is C15H23N3OS. The molecule has 2 aliphatic rings. The van der Waals surface area contributed by atoms with E-state index >= 15 is 0 Å². The maximum absolute atomic E-state index is 12.4. The van der Waals surface area contributed by atoms with E-state index < -0.39 is 0 Å². The molecule has 2 fully saturated rings. The Hall–Kier alpha value is -0.940. The Balaban J connectivity index is 1.63. The van der Waals surface area contributed by atoms with Crippen LogP contribution in [0.3, 0.4) is 0 Å². The van der Waals surface area contributed by atoms with Crippen LogP contribution in [-0.4, -0.2) is 16.9 Å². The number of nitrogens with zero attached hydrogens (tertiary/aromatic N) is 1.